The van der Waals surface area contributed by atoms with E-state index in [1.54, 1.807) is 61.0 Å². The molecule has 2 heterocycles. The van der Waals surface area contributed by atoms with Crippen molar-refractivity contribution in [3.63, 3.8) is 0 Å². The van der Waals surface area contributed by atoms with Crippen LogP contribution in [0.15, 0.2) is 59.8 Å². The third-order valence-corrected chi connectivity index (χ3v) is 5.76. The first-order valence-corrected chi connectivity index (χ1v) is 10.5. The van der Waals surface area contributed by atoms with Crippen molar-refractivity contribution in [3.8, 4) is 0 Å². The molecule has 3 rings (SSSR count). The van der Waals surface area contributed by atoms with Gasteiger partial charge in [0.2, 0.25) is 10.0 Å². The predicted octanol–water partition coefficient (Wildman–Crippen LogP) is 3.03. The minimum Gasteiger partial charge on any atom is -0.458 e. The van der Waals surface area contributed by atoms with Crippen LogP contribution < -0.4 is 4.72 Å². The standard InChI is InChI=1S/C19H20ClN3O4S/c1-13(2)18(22-28(25,26)16-6-4-3-5-7-16)19(24)27-12-15-11-23-10-14(20)8-9-17(23)21-15/h3-11,13,18,22H,12H2,1-2H3/t18-/m0/s1. The van der Waals surface area contributed by atoms with Gasteiger partial charge < -0.3 is 9.14 Å². The molecule has 28 heavy (non-hydrogen) atoms. The molecule has 1 atom stereocenters. The fraction of sp³-hybridized carbons (Fsp3) is 0.263. The van der Waals surface area contributed by atoms with E-state index in [9.17, 15) is 13.2 Å². The number of halogens is 1. The number of hydrogen-bond donors (Lipinski definition) is 1. The van der Waals surface area contributed by atoms with Gasteiger partial charge in [-0.15, -0.1) is 0 Å². The minimum atomic E-state index is -3.84. The van der Waals surface area contributed by atoms with Crippen molar-refractivity contribution in [2.24, 2.45) is 5.92 Å². The Kier molecular flexibility index (Phi) is 6.02. The van der Waals surface area contributed by atoms with E-state index >= 15 is 0 Å². The van der Waals surface area contributed by atoms with Gasteiger partial charge >= 0.3 is 5.97 Å². The molecule has 0 amide bonds. The lowest BCUT2D eigenvalue weighted by Crippen LogP contribution is -2.45. The SMILES string of the molecule is CC(C)[C@H](NS(=O)(=O)c1ccccc1)C(=O)OCc1cn2cc(Cl)ccc2n1. The molecule has 0 aliphatic carbocycles. The van der Waals surface area contributed by atoms with Crippen LogP contribution in [0, 0.1) is 5.92 Å². The van der Waals surface area contributed by atoms with Gasteiger partial charge in [0.1, 0.15) is 18.3 Å². The van der Waals surface area contributed by atoms with Crippen LogP contribution >= 0.6 is 11.6 Å². The number of hydrogen-bond acceptors (Lipinski definition) is 5. The number of fused-ring (bicyclic) bond motifs is 1. The molecular weight excluding hydrogens is 402 g/mol. The largest absolute Gasteiger partial charge is 0.458 e. The van der Waals surface area contributed by atoms with Crippen molar-refractivity contribution in [2.75, 3.05) is 0 Å². The number of benzene rings is 1. The molecule has 0 saturated heterocycles. The summed E-state index contributed by atoms with van der Waals surface area (Å²) >= 11 is 5.94. The number of carbonyl (C=O) groups is 1. The van der Waals surface area contributed by atoms with Gasteiger partial charge in [-0.05, 0) is 30.2 Å². The monoisotopic (exact) mass is 421 g/mol. The molecule has 0 fully saturated rings. The molecule has 3 aromatic rings. The first-order chi connectivity index (χ1) is 13.3. The highest BCUT2D eigenvalue weighted by Gasteiger charge is 2.29. The van der Waals surface area contributed by atoms with Gasteiger partial charge in [0.25, 0.3) is 0 Å². The number of rotatable bonds is 7. The Labute approximate surface area is 168 Å². The molecule has 0 aliphatic heterocycles. The highest BCUT2D eigenvalue weighted by atomic mass is 35.5. The maximum Gasteiger partial charge on any atom is 0.324 e. The van der Waals surface area contributed by atoms with E-state index in [1.807, 2.05) is 0 Å². The second kappa shape index (κ2) is 8.30. The fourth-order valence-corrected chi connectivity index (χ4v) is 4.14. The molecule has 2 aromatic heterocycles. The Morgan fingerprint density at radius 3 is 2.57 bits per heavy atom. The molecule has 0 radical (unpaired) electrons. The summed E-state index contributed by atoms with van der Waals surface area (Å²) < 4.78 is 34.5. The maximum atomic E-state index is 12.5. The molecule has 0 unspecified atom stereocenters. The molecule has 148 valence electrons. The van der Waals surface area contributed by atoms with Crippen LogP contribution in [-0.4, -0.2) is 29.8 Å². The normalized spacial score (nSPS) is 13.0. The van der Waals surface area contributed by atoms with Crippen LogP contribution in [0.2, 0.25) is 5.02 Å². The third-order valence-electron chi connectivity index (χ3n) is 4.08. The number of nitrogens with zero attached hydrogens (tertiary/aromatic N) is 2. The summed E-state index contributed by atoms with van der Waals surface area (Å²) in [6.07, 6.45) is 3.40. The summed E-state index contributed by atoms with van der Waals surface area (Å²) in [7, 11) is -3.84. The van der Waals surface area contributed by atoms with Crippen LogP contribution in [0.1, 0.15) is 19.5 Å². The van der Waals surface area contributed by atoms with Crippen molar-refractivity contribution in [3.05, 3.63) is 65.6 Å². The zero-order chi connectivity index (χ0) is 20.3. The Hall–Kier alpha value is -2.42. The summed E-state index contributed by atoms with van der Waals surface area (Å²) in [5.41, 5.74) is 1.20. The van der Waals surface area contributed by atoms with E-state index < -0.39 is 22.0 Å². The quantitative estimate of drug-likeness (QED) is 0.592. The minimum absolute atomic E-state index is 0.0750. The molecule has 1 aromatic carbocycles. The van der Waals surface area contributed by atoms with Crippen molar-refractivity contribution in [1.29, 1.82) is 0 Å². The lowest BCUT2D eigenvalue weighted by atomic mass is 10.1. The van der Waals surface area contributed by atoms with Crippen molar-refractivity contribution in [1.82, 2.24) is 14.1 Å². The molecule has 1 N–H and O–H groups in total. The first-order valence-electron chi connectivity index (χ1n) is 8.63. The van der Waals surface area contributed by atoms with Gasteiger partial charge in [0.15, 0.2) is 0 Å². The van der Waals surface area contributed by atoms with Gasteiger partial charge in [0.05, 0.1) is 15.6 Å². The van der Waals surface area contributed by atoms with Gasteiger partial charge in [-0.3, -0.25) is 4.79 Å². The van der Waals surface area contributed by atoms with E-state index in [2.05, 4.69) is 9.71 Å². The number of imidazole rings is 1. The number of aromatic nitrogens is 2. The van der Waals surface area contributed by atoms with Gasteiger partial charge in [-0.2, -0.15) is 4.72 Å². The van der Waals surface area contributed by atoms with Crippen LogP contribution in [0.4, 0.5) is 0 Å². The summed E-state index contributed by atoms with van der Waals surface area (Å²) in [6.45, 7) is 3.41. The molecule has 7 nitrogen and oxygen atoms in total. The Morgan fingerprint density at radius 1 is 1.18 bits per heavy atom. The molecule has 9 heteroatoms. The lowest BCUT2D eigenvalue weighted by Gasteiger charge is -2.20. The van der Waals surface area contributed by atoms with Crippen molar-refractivity contribution < 1.29 is 17.9 Å². The zero-order valence-electron chi connectivity index (χ0n) is 15.4. The topological polar surface area (TPSA) is 89.8 Å². The Balaban J connectivity index is 1.70. The number of ether oxygens (including phenoxy) is 1. The maximum absolute atomic E-state index is 12.5. The Bertz CT molecular complexity index is 1080. The predicted molar refractivity (Wildman–Crippen MR) is 105 cm³/mol. The van der Waals surface area contributed by atoms with E-state index in [-0.39, 0.29) is 17.4 Å². The third kappa shape index (κ3) is 4.70. The summed E-state index contributed by atoms with van der Waals surface area (Å²) in [4.78, 5) is 17.0. The van der Waals surface area contributed by atoms with Gasteiger partial charge in [0, 0.05) is 12.4 Å². The number of esters is 1. The highest BCUT2D eigenvalue weighted by molar-refractivity contribution is 7.89. The number of nitrogens with one attached hydrogen (secondary N) is 1. The fourth-order valence-electron chi connectivity index (χ4n) is 2.61. The van der Waals surface area contributed by atoms with E-state index in [0.29, 0.717) is 16.4 Å². The van der Waals surface area contributed by atoms with Crippen molar-refractivity contribution in [2.45, 2.75) is 31.4 Å². The average Bonchev–Trinajstić information content (AvgIpc) is 3.06. The molecule has 0 aliphatic rings. The average molecular weight is 422 g/mol. The zero-order valence-corrected chi connectivity index (χ0v) is 16.9. The van der Waals surface area contributed by atoms with E-state index in [1.165, 1.54) is 12.1 Å². The second-order valence-electron chi connectivity index (χ2n) is 6.61. The van der Waals surface area contributed by atoms with E-state index in [0.717, 1.165) is 0 Å². The number of sulfonamides is 1. The first kappa shape index (κ1) is 20.3. The Morgan fingerprint density at radius 2 is 1.89 bits per heavy atom. The summed E-state index contributed by atoms with van der Waals surface area (Å²) in [5.74, 6) is -0.963. The van der Waals surface area contributed by atoms with Gasteiger partial charge in [-0.25, -0.2) is 13.4 Å². The van der Waals surface area contributed by atoms with Crippen LogP contribution in [0.3, 0.4) is 0 Å². The lowest BCUT2D eigenvalue weighted by molar-refractivity contribution is -0.148. The summed E-state index contributed by atoms with van der Waals surface area (Å²) in [5, 5.41) is 0.559. The highest BCUT2D eigenvalue weighted by Crippen LogP contribution is 2.15. The van der Waals surface area contributed by atoms with E-state index in [4.69, 9.17) is 16.3 Å². The summed E-state index contributed by atoms with van der Waals surface area (Å²) in [6, 6.07) is 10.3. The van der Waals surface area contributed by atoms with Crippen molar-refractivity contribution >= 4 is 33.2 Å². The van der Waals surface area contributed by atoms with Crippen LogP contribution in [0.5, 0.6) is 0 Å². The number of carbonyl (C=O) groups excluding carboxylic acids is 1. The molecule has 0 saturated carbocycles. The van der Waals surface area contributed by atoms with Crippen LogP contribution in [0.25, 0.3) is 5.65 Å². The second-order valence-corrected chi connectivity index (χ2v) is 8.76. The van der Waals surface area contributed by atoms with Gasteiger partial charge in [-0.1, -0.05) is 43.6 Å². The molecule has 0 bridgehead atoms. The molecule has 0 spiro atoms. The molecular formula is C19H20ClN3O4S. The van der Waals surface area contributed by atoms with Crippen LogP contribution in [-0.2, 0) is 26.2 Å². The number of pyridine rings is 1. The smallest absolute Gasteiger partial charge is 0.324 e.